The third-order valence-corrected chi connectivity index (χ3v) is 3.96. The van der Waals surface area contributed by atoms with Crippen LogP contribution in [0.15, 0.2) is 60.9 Å². The number of imidazole rings is 1. The van der Waals surface area contributed by atoms with Crippen molar-refractivity contribution in [1.29, 1.82) is 0 Å². The van der Waals surface area contributed by atoms with E-state index in [1.807, 2.05) is 0 Å². The number of carbonyl (C=O) groups is 1. The first-order chi connectivity index (χ1) is 11.1. The number of aromatic amines is 1. The number of benzene rings is 1. The summed E-state index contributed by atoms with van der Waals surface area (Å²) in [5, 5.41) is 0.648. The summed E-state index contributed by atoms with van der Waals surface area (Å²) in [5.74, 6) is -0.00886. The molecular weight excluding hydrogens is 313 g/mol. The Morgan fingerprint density at radius 1 is 1.26 bits per heavy atom. The molecule has 1 heterocycles. The summed E-state index contributed by atoms with van der Waals surface area (Å²) in [4.78, 5) is 21.2. The maximum absolute atomic E-state index is 12.9. The van der Waals surface area contributed by atoms with Gasteiger partial charge in [0.1, 0.15) is 5.82 Å². The molecule has 1 aromatic carbocycles. The fourth-order valence-corrected chi connectivity index (χ4v) is 2.72. The van der Waals surface area contributed by atoms with Crippen LogP contribution in [0.1, 0.15) is 0 Å². The molecule has 0 saturated heterocycles. The minimum Gasteiger partial charge on any atom is -0.335 e. The molecule has 0 radical (unpaired) electrons. The summed E-state index contributed by atoms with van der Waals surface area (Å²) in [5.41, 5.74) is 1.63. The van der Waals surface area contributed by atoms with Crippen LogP contribution < -0.4 is 0 Å². The Kier molecular flexibility index (Phi) is 6.17. The van der Waals surface area contributed by atoms with E-state index >= 15 is 0 Å². The summed E-state index contributed by atoms with van der Waals surface area (Å²) < 4.78 is 12.9. The standard InChI is InChI=1S/C17H18FN3OS/c1-3-9-21(10-4-2)16(22)12-23-17-19-11-15(20-17)13-5-7-14(18)8-6-13/h3-8,11H,1-2,9-10,12H2,(H,19,20). The highest BCUT2D eigenvalue weighted by Crippen LogP contribution is 2.21. The maximum Gasteiger partial charge on any atom is 0.233 e. The van der Waals surface area contributed by atoms with Crippen LogP contribution in [0.5, 0.6) is 0 Å². The second kappa shape index (κ2) is 8.33. The largest absolute Gasteiger partial charge is 0.335 e. The molecule has 0 aliphatic rings. The minimum atomic E-state index is -0.280. The van der Waals surface area contributed by atoms with E-state index in [2.05, 4.69) is 23.1 Å². The predicted molar refractivity (Wildman–Crippen MR) is 91.7 cm³/mol. The van der Waals surface area contributed by atoms with Gasteiger partial charge >= 0.3 is 0 Å². The van der Waals surface area contributed by atoms with Gasteiger partial charge < -0.3 is 9.88 Å². The number of hydrogen-bond donors (Lipinski definition) is 1. The predicted octanol–water partition coefficient (Wildman–Crippen LogP) is 3.51. The Balaban J connectivity index is 1.96. The van der Waals surface area contributed by atoms with E-state index in [0.717, 1.165) is 11.3 Å². The van der Waals surface area contributed by atoms with Crippen LogP contribution in [0.3, 0.4) is 0 Å². The number of H-pyrrole nitrogens is 1. The Morgan fingerprint density at radius 2 is 1.91 bits per heavy atom. The lowest BCUT2D eigenvalue weighted by Gasteiger charge is -2.18. The molecule has 0 fully saturated rings. The SMILES string of the molecule is C=CCN(CC=C)C(=O)CSc1ncc(-c2ccc(F)cc2)[nH]1. The van der Waals surface area contributed by atoms with Crippen LogP contribution >= 0.6 is 11.8 Å². The van der Waals surface area contributed by atoms with E-state index in [1.54, 1.807) is 35.4 Å². The van der Waals surface area contributed by atoms with Crippen molar-refractivity contribution < 1.29 is 9.18 Å². The molecule has 1 amide bonds. The van der Waals surface area contributed by atoms with Crippen LogP contribution in [0.25, 0.3) is 11.3 Å². The van der Waals surface area contributed by atoms with Crippen molar-refractivity contribution in [3.63, 3.8) is 0 Å². The van der Waals surface area contributed by atoms with E-state index in [1.165, 1.54) is 23.9 Å². The highest BCUT2D eigenvalue weighted by atomic mass is 32.2. The first-order valence-corrected chi connectivity index (χ1v) is 8.06. The number of halogens is 1. The van der Waals surface area contributed by atoms with Gasteiger partial charge in [0.25, 0.3) is 0 Å². The van der Waals surface area contributed by atoms with E-state index in [9.17, 15) is 9.18 Å². The second-order valence-corrected chi connectivity index (χ2v) is 5.74. The third-order valence-electron chi connectivity index (χ3n) is 3.09. The number of aromatic nitrogens is 2. The Bertz CT molecular complexity index is 671. The number of rotatable bonds is 8. The normalized spacial score (nSPS) is 10.3. The topological polar surface area (TPSA) is 49.0 Å². The van der Waals surface area contributed by atoms with Crippen molar-refractivity contribution in [2.45, 2.75) is 5.16 Å². The lowest BCUT2D eigenvalue weighted by atomic mass is 10.2. The smallest absolute Gasteiger partial charge is 0.233 e. The number of thioether (sulfide) groups is 1. The molecule has 2 aromatic rings. The summed E-state index contributed by atoms with van der Waals surface area (Å²) in [6.07, 6.45) is 5.04. The van der Waals surface area contributed by atoms with Crippen LogP contribution in [0.2, 0.25) is 0 Å². The molecule has 2 rings (SSSR count). The summed E-state index contributed by atoms with van der Waals surface area (Å²) in [6, 6.07) is 6.15. The summed E-state index contributed by atoms with van der Waals surface area (Å²) >= 11 is 1.33. The highest BCUT2D eigenvalue weighted by Gasteiger charge is 2.12. The Hall–Kier alpha value is -2.34. The quantitative estimate of drug-likeness (QED) is 0.595. The molecule has 6 heteroatoms. The van der Waals surface area contributed by atoms with Crippen molar-refractivity contribution >= 4 is 17.7 Å². The molecule has 0 unspecified atom stereocenters. The van der Waals surface area contributed by atoms with E-state index < -0.39 is 0 Å². The molecule has 0 bridgehead atoms. The van der Waals surface area contributed by atoms with E-state index in [-0.39, 0.29) is 17.5 Å². The van der Waals surface area contributed by atoms with Gasteiger partial charge in [-0.15, -0.1) is 13.2 Å². The third kappa shape index (κ3) is 4.82. The number of amides is 1. The lowest BCUT2D eigenvalue weighted by Crippen LogP contribution is -2.32. The van der Waals surface area contributed by atoms with Crippen molar-refractivity contribution in [2.24, 2.45) is 0 Å². The van der Waals surface area contributed by atoms with Gasteiger partial charge in [0.2, 0.25) is 5.91 Å². The van der Waals surface area contributed by atoms with Crippen LogP contribution in [0.4, 0.5) is 4.39 Å². The van der Waals surface area contributed by atoms with Crippen LogP contribution in [0, 0.1) is 5.82 Å². The molecule has 120 valence electrons. The van der Waals surface area contributed by atoms with Gasteiger partial charge in [0, 0.05) is 13.1 Å². The fourth-order valence-electron chi connectivity index (χ4n) is 1.96. The molecule has 0 aliphatic carbocycles. The number of nitrogens with one attached hydrogen (secondary N) is 1. The summed E-state index contributed by atoms with van der Waals surface area (Å²) in [6.45, 7) is 8.27. The molecule has 0 spiro atoms. The second-order valence-electron chi connectivity index (χ2n) is 4.77. The van der Waals surface area contributed by atoms with Gasteiger partial charge in [-0.2, -0.15) is 0 Å². The number of hydrogen-bond acceptors (Lipinski definition) is 3. The Morgan fingerprint density at radius 3 is 2.52 bits per heavy atom. The molecule has 0 aliphatic heterocycles. The van der Waals surface area contributed by atoms with E-state index in [4.69, 9.17) is 0 Å². The molecule has 4 nitrogen and oxygen atoms in total. The van der Waals surface area contributed by atoms with Crippen molar-refractivity contribution in [2.75, 3.05) is 18.8 Å². The molecule has 23 heavy (non-hydrogen) atoms. The van der Waals surface area contributed by atoms with Gasteiger partial charge in [-0.05, 0) is 29.8 Å². The monoisotopic (exact) mass is 331 g/mol. The van der Waals surface area contributed by atoms with Gasteiger partial charge in [-0.3, -0.25) is 4.79 Å². The van der Waals surface area contributed by atoms with Gasteiger partial charge in [0.05, 0.1) is 17.6 Å². The zero-order valence-electron chi connectivity index (χ0n) is 12.7. The Labute approximate surface area is 139 Å². The highest BCUT2D eigenvalue weighted by molar-refractivity contribution is 7.99. The van der Waals surface area contributed by atoms with Crippen molar-refractivity contribution in [3.8, 4) is 11.3 Å². The molecule has 1 aromatic heterocycles. The molecule has 0 saturated carbocycles. The average molecular weight is 331 g/mol. The first kappa shape index (κ1) is 17.0. The lowest BCUT2D eigenvalue weighted by molar-refractivity contribution is -0.127. The number of nitrogens with zero attached hydrogens (tertiary/aromatic N) is 2. The van der Waals surface area contributed by atoms with E-state index in [0.29, 0.717) is 18.2 Å². The fraction of sp³-hybridized carbons (Fsp3) is 0.176. The first-order valence-electron chi connectivity index (χ1n) is 7.07. The molecule has 1 N–H and O–H groups in total. The zero-order valence-corrected chi connectivity index (χ0v) is 13.5. The van der Waals surface area contributed by atoms with Crippen LogP contribution in [-0.4, -0.2) is 39.6 Å². The molecular formula is C17H18FN3OS. The van der Waals surface area contributed by atoms with Crippen LogP contribution in [-0.2, 0) is 4.79 Å². The van der Waals surface area contributed by atoms with Crippen molar-refractivity contribution in [3.05, 3.63) is 61.6 Å². The van der Waals surface area contributed by atoms with Gasteiger partial charge in [-0.1, -0.05) is 23.9 Å². The minimum absolute atomic E-state index is 0.00506. The summed E-state index contributed by atoms with van der Waals surface area (Å²) in [7, 11) is 0. The van der Waals surface area contributed by atoms with Gasteiger partial charge in [-0.25, -0.2) is 9.37 Å². The average Bonchev–Trinajstić information content (AvgIpc) is 3.02. The van der Waals surface area contributed by atoms with Gasteiger partial charge in [0.15, 0.2) is 5.16 Å². The maximum atomic E-state index is 12.9. The molecule has 0 atom stereocenters. The number of carbonyl (C=O) groups excluding carboxylic acids is 1. The zero-order chi connectivity index (χ0) is 16.7. The van der Waals surface area contributed by atoms with Crippen molar-refractivity contribution in [1.82, 2.24) is 14.9 Å².